The number of carbonyl (C=O) groups excluding carboxylic acids is 2. The van der Waals surface area contributed by atoms with Gasteiger partial charge in [0, 0.05) is 38.0 Å². The number of hydrogen-bond acceptors (Lipinski definition) is 7. The molecule has 8 nitrogen and oxygen atoms in total. The molecule has 4 rings (SSSR count). The fourth-order valence-electron chi connectivity index (χ4n) is 5.73. The van der Waals surface area contributed by atoms with Gasteiger partial charge in [-0.15, -0.1) is 0 Å². The number of nitrogens with one attached hydrogen (secondary N) is 1. The molecule has 1 aromatic rings. The Morgan fingerprint density at radius 3 is 2.29 bits per heavy atom. The maximum absolute atomic E-state index is 13.2. The molecule has 31 heavy (non-hydrogen) atoms. The average molecular weight is 431 g/mol. The standard InChI is InChI=1S/C23H29NO7/c1-12(25)24-15-8-7-13-9-16(27-2)20(28-3)21(29-4)19(13)22-11-17(22)23(30-5,31-6)18(26)10-14(15)22/h9-10,15,17H,7-8,11H2,1-6H3,(H,24,25)/t15-,17+,22?/m0/s1. The Morgan fingerprint density at radius 2 is 1.74 bits per heavy atom. The van der Waals surface area contributed by atoms with Crippen molar-refractivity contribution in [1.82, 2.24) is 5.32 Å². The Hall–Kier alpha value is -2.58. The van der Waals surface area contributed by atoms with E-state index < -0.39 is 11.2 Å². The van der Waals surface area contributed by atoms with Crippen molar-refractivity contribution < 1.29 is 33.3 Å². The van der Waals surface area contributed by atoms with Gasteiger partial charge in [-0.25, -0.2) is 0 Å². The monoisotopic (exact) mass is 431 g/mol. The van der Waals surface area contributed by atoms with Crippen molar-refractivity contribution in [3.8, 4) is 17.2 Å². The van der Waals surface area contributed by atoms with Gasteiger partial charge >= 0.3 is 0 Å². The molecular weight excluding hydrogens is 402 g/mol. The van der Waals surface area contributed by atoms with Crippen LogP contribution in [0, 0.1) is 5.92 Å². The molecule has 8 heteroatoms. The Kier molecular flexibility index (Phi) is 5.26. The first-order valence-corrected chi connectivity index (χ1v) is 10.3. The molecule has 1 unspecified atom stereocenters. The number of ketones is 1. The molecule has 0 heterocycles. The van der Waals surface area contributed by atoms with E-state index in [4.69, 9.17) is 23.7 Å². The Bertz CT molecular complexity index is 965. The largest absolute Gasteiger partial charge is 0.493 e. The van der Waals surface area contributed by atoms with Crippen LogP contribution >= 0.6 is 0 Å². The maximum Gasteiger partial charge on any atom is 0.236 e. The lowest BCUT2D eigenvalue weighted by Gasteiger charge is -2.38. The van der Waals surface area contributed by atoms with Crippen molar-refractivity contribution in [3.63, 3.8) is 0 Å². The summed E-state index contributed by atoms with van der Waals surface area (Å²) in [5, 5.41) is 3.04. The molecule has 0 bridgehead atoms. The normalized spacial score (nSPS) is 27.7. The smallest absolute Gasteiger partial charge is 0.236 e. The molecule has 1 fully saturated rings. The SMILES string of the molecule is COc1cc2c(c(OC)c1OC)C13C[C@H]1C(OC)(OC)C(=O)C=C3[C@@H](NC(C)=O)CC2. The van der Waals surface area contributed by atoms with Gasteiger partial charge in [0.25, 0.3) is 0 Å². The van der Waals surface area contributed by atoms with E-state index in [1.54, 1.807) is 27.4 Å². The summed E-state index contributed by atoms with van der Waals surface area (Å²) in [6.45, 7) is 1.49. The molecule has 3 aliphatic carbocycles. The minimum Gasteiger partial charge on any atom is -0.493 e. The highest BCUT2D eigenvalue weighted by atomic mass is 16.7. The molecule has 0 saturated heterocycles. The van der Waals surface area contributed by atoms with E-state index in [1.165, 1.54) is 21.1 Å². The number of ether oxygens (including phenoxy) is 5. The third-order valence-corrected chi connectivity index (χ3v) is 6.98. The van der Waals surface area contributed by atoms with Crippen LogP contribution in [0.2, 0.25) is 0 Å². The van der Waals surface area contributed by atoms with Crippen molar-refractivity contribution in [2.45, 2.75) is 43.4 Å². The van der Waals surface area contributed by atoms with E-state index in [9.17, 15) is 9.59 Å². The van der Waals surface area contributed by atoms with E-state index in [-0.39, 0.29) is 23.7 Å². The van der Waals surface area contributed by atoms with Crippen LogP contribution in [-0.4, -0.2) is 59.1 Å². The number of carbonyl (C=O) groups is 2. The lowest BCUT2D eigenvalue weighted by atomic mass is 9.74. The second-order valence-electron chi connectivity index (χ2n) is 8.24. The molecule has 1 saturated carbocycles. The first-order valence-electron chi connectivity index (χ1n) is 10.3. The summed E-state index contributed by atoms with van der Waals surface area (Å²) in [5.41, 5.74) is 2.27. The van der Waals surface area contributed by atoms with Gasteiger partial charge in [-0.05, 0) is 42.5 Å². The molecule has 1 amide bonds. The summed E-state index contributed by atoms with van der Waals surface area (Å²) in [7, 11) is 7.73. The summed E-state index contributed by atoms with van der Waals surface area (Å²) in [6.07, 6.45) is 3.54. The van der Waals surface area contributed by atoms with E-state index in [0.29, 0.717) is 36.5 Å². The van der Waals surface area contributed by atoms with Gasteiger partial charge in [0.15, 0.2) is 11.5 Å². The molecule has 0 aliphatic heterocycles. The Balaban J connectivity index is 2.03. The van der Waals surface area contributed by atoms with Crippen molar-refractivity contribution in [2.75, 3.05) is 35.5 Å². The van der Waals surface area contributed by atoms with Crippen LogP contribution < -0.4 is 19.5 Å². The van der Waals surface area contributed by atoms with Gasteiger partial charge in [-0.3, -0.25) is 9.59 Å². The Morgan fingerprint density at radius 1 is 1.06 bits per heavy atom. The first kappa shape index (κ1) is 21.6. The zero-order valence-corrected chi connectivity index (χ0v) is 18.8. The van der Waals surface area contributed by atoms with E-state index >= 15 is 0 Å². The number of methoxy groups -OCH3 is 5. The fraction of sp³-hybridized carbons (Fsp3) is 0.565. The number of rotatable bonds is 6. The summed E-state index contributed by atoms with van der Waals surface area (Å²) in [4.78, 5) is 25.2. The topological polar surface area (TPSA) is 92.3 Å². The lowest BCUT2D eigenvalue weighted by Crippen LogP contribution is -2.51. The second kappa shape index (κ2) is 7.53. The lowest BCUT2D eigenvalue weighted by molar-refractivity contribution is -0.216. The fourth-order valence-corrected chi connectivity index (χ4v) is 5.73. The first-order chi connectivity index (χ1) is 14.8. The molecule has 3 aliphatic rings. The van der Waals surface area contributed by atoms with Crippen molar-refractivity contribution in [3.05, 3.63) is 28.8 Å². The maximum atomic E-state index is 13.2. The zero-order chi connectivity index (χ0) is 22.6. The number of amides is 1. The summed E-state index contributed by atoms with van der Waals surface area (Å²) in [5.74, 6) is -0.389. The van der Waals surface area contributed by atoms with Gasteiger partial charge in [0.1, 0.15) is 0 Å². The number of aryl methyl sites for hydroxylation is 1. The highest BCUT2D eigenvalue weighted by Gasteiger charge is 2.74. The van der Waals surface area contributed by atoms with Crippen molar-refractivity contribution in [2.24, 2.45) is 5.92 Å². The van der Waals surface area contributed by atoms with Crippen LogP contribution in [0.3, 0.4) is 0 Å². The minimum absolute atomic E-state index is 0.144. The van der Waals surface area contributed by atoms with Crippen LogP contribution in [-0.2, 0) is 30.9 Å². The van der Waals surface area contributed by atoms with Crippen LogP contribution in [0.4, 0.5) is 0 Å². The quantitative estimate of drug-likeness (QED) is 0.688. The van der Waals surface area contributed by atoms with E-state index in [2.05, 4.69) is 5.32 Å². The zero-order valence-electron chi connectivity index (χ0n) is 18.8. The van der Waals surface area contributed by atoms with Gasteiger partial charge in [0.05, 0.1) is 27.4 Å². The summed E-state index contributed by atoms with van der Waals surface area (Å²) in [6, 6.07) is 1.68. The Labute approximate surface area is 181 Å². The molecule has 1 aromatic carbocycles. The molecule has 0 radical (unpaired) electrons. The summed E-state index contributed by atoms with van der Waals surface area (Å²) >= 11 is 0. The average Bonchev–Trinajstić information content (AvgIpc) is 3.53. The predicted molar refractivity (Wildman–Crippen MR) is 112 cm³/mol. The van der Waals surface area contributed by atoms with Gasteiger partial charge in [-0.1, -0.05) is 0 Å². The van der Waals surface area contributed by atoms with Crippen LogP contribution in [0.5, 0.6) is 17.2 Å². The van der Waals surface area contributed by atoms with Gasteiger partial charge < -0.3 is 29.0 Å². The highest BCUT2D eigenvalue weighted by molar-refractivity contribution is 6.00. The number of benzene rings is 1. The highest BCUT2D eigenvalue weighted by Crippen LogP contribution is 2.71. The third-order valence-electron chi connectivity index (χ3n) is 6.98. The van der Waals surface area contributed by atoms with Gasteiger partial charge in [-0.2, -0.15) is 0 Å². The molecule has 1 N–H and O–H groups in total. The second-order valence-corrected chi connectivity index (χ2v) is 8.24. The molecule has 0 aromatic heterocycles. The molecule has 3 atom stereocenters. The van der Waals surface area contributed by atoms with Crippen molar-refractivity contribution in [1.29, 1.82) is 0 Å². The third kappa shape index (κ3) is 2.81. The van der Waals surface area contributed by atoms with Crippen LogP contribution in [0.1, 0.15) is 30.9 Å². The summed E-state index contributed by atoms with van der Waals surface area (Å²) < 4.78 is 28.5. The minimum atomic E-state index is -1.38. The molecular formula is C23H29NO7. The van der Waals surface area contributed by atoms with Gasteiger partial charge in [0.2, 0.25) is 23.2 Å². The number of fused-ring (bicyclic) bond motifs is 1. The van der Waals surface area contributed by atoms with Crippen LogP contribution in [0.15, 0.2) is 17.7 Å². The predicted octanol–water partition coefficient (Wildman–Crippen LogP) is 1.92. The molecule has 1 spiro atoms. The number of hydrogen-bond donors (Lipinski definition) is 1. The molecule has 168 valence electrons. The van der Waals surface area contributed by atoms with Crippen molar-refractivity contribution >= 4 is 11.7 Å². The van der Waals surface area contributed by atoms with E-state index in [1.807, 2.05) is 6.07 Å². The van der Waals surface area contributed by atoms with E-state index in [0.717, 1.165) is 16.7 Å². The van der Waals surface area contributed by atoms with Crippen LogP contribution in [0.25, 0.3) is 0 Å².